The van der Waals surface area contributed by atoms with Gasteiger partial charge in [0.2, 0.25) is 0 Å². The van der Waals surface area contributed by atoms with Gasteiger partial charge in [0.1, 0.15) is 0 Å². The zero-order chi connectivity index (χ0) is 12.3. The van der Waals surface area contributed by atoms with Gasteiger partial charge in [-0.3, -0.25) is 4.79 Å². The van der Waals surface area contributed by atoms with Crippen molar-refractivity contribution in [3.63, 3.8) is 0 Å². The SMILES string of the molecule is Cc1[nH]c(CC(C)N)c(C)c1CCC(=O)O. The number of rotatable bonds is 5. The Morgan fingerprint density at radius 3 is 2.62 bits per heavy atom. The third kappa shape index (κ3) is 3.10. The van der Waals surface area contributed by atoms with Crippen LogP contribution in [0.15, 0.2) is 0 Å². The number of carboxylic acid groups (broad SMARTS) is 1. The first-order chi connectivity index (χ1) is 7.41. The Morgan fingerprint density at radius 2 is 2.12 bits per heavy atom. The fourth-order valence-electron chi connectivity index (χ4n) is 1.99. The molecular formula is C12H20N2O2. The standard InChI is InChI=1S/C12H20N2O2/c1-7(13)6-11-8(2)10(9(3)14-11)4-5-12(15)16/h7,14H,4-6,13H2,1-3H3,(H,15,16). The topological polar surface area (TPSA) is 79.1 Å². The van der Waals surface area contributed by atoms with Crippen LogP contribution in [-0.2, 0) is 17.6 Å². The number of nitrogens with two attached hydrogens (primary N) is 1. The van der Waals surface area contributed by atoms with E-state index in [-0.39, 0.29) is 12.5 Å². The summed E-state index contributed by atoms with van der Waals surface area (Å²) in [5, 5.41) is 8.68. The Balaban J connectivity index is 2.84. The molecule has 0 aromatic carbocycles. The van der Waals surface area contributed by atoms with Gasteiger partial charge in [-0.1, -0.05) is 0 Å². The molecule has 1 heterocycles. The lowest BCUT2D eigenvalue weighted by molar-refractivity contribution is -0.136. The molecule has 0 radical (unpaired) electrons. The van der Waals surface area contributed by atoms with E-state index < -0.39 is 5.97 Å². The predicted molar refractivity (Wildman–Crippen MR) is 63.6 cm³/mol. The number of H-pyrrole nitrogens is 1. The van der Waals surface area contributed by atoms with Crippen LogP contribution in [0.2, 0.25) is 0 Å². The van der Waals surface area contributed by atoms with E-state index in [1.165, 1.54) is 0 Å². The first-order valence-electron chi connectivity index (χ1n) is 5.56. The van der Waals surface area contributed by atoms with Gasteiger partial charge in [0.05, 0.1) is 0 Å². The summed E-state index contributed by atoms with van der Waals surface area (Å²) in [6, 6.07) is 0.115. The van der Waals surface area contributed by atoms with E-state index in [1.54, 1.807) is 0 Å². The van der Waals surface area contributed by atoms with Gasteiger partial charge in [0.25, 0.3) is 0 Å². The molecule has 4 nitrogen and oxygen atoms in total. The zero-order valence-electron chi connectivity index (χ0n) is 10.1. The van der Waals surface area contributed by atoms with Crippen LogP contribution >= 0.6 is 0 Å². The summed E-state index contributed by atoms with van der Waals surface area (Å²) >= 11 is 0. The van der Waals surface area contributed by atoms with Crippen LogP contribution in [0.1, 0.15) is 35.9 Å². The Morgan fingerprint density at radius 1 is 1.50 bits per heavy atom. The van der Waals surface area contributed by atoms with Crippen LogP contribution in [0.5, 0.6) is 0 Å². The molecule has 90 valence electrons. The molecule has 0 aliphatic rings. The summed E-state index contributed by atoms with van der Waals surface area (Å²) in [5.41, 5.74) is 10.2. The van der Waals surface area contributed by atoms with E-state index in [0.29, 0.717) is 6.42 Å². The van der Waals surface area contributed by atoms with Gasteiger partial charge >= 0.3 is 5.97 Å². The summed E-state index contributed by atoms with van der Waals surface area (Å²) in [6.45, 7) is 5.97. The van der Waals surface area contributed by atoms with Gasteiger partial charge in [-0.05, 0) is 38.3 Å². The summed E-state index contributed by atoms with van der Waals surface area (Å²) in [6.07, 6.45) is 1.57. The molecule has 1 unspecified atom stereocenters. The highest BCUT2D eigenvalue weighted by molar-refractivity contribution is 5.67. The monoisotopic (exact) mass is 224 g/mol. The second-order valence-corrected chi connectivity index (χ2v) is 4.41. The number of aromatic nitrogens is 1. The molecule has 4 heteroatoms. The fraction of sp³-hybridized carbons (Fsp3) is 0.583. The van der Waals surface area contributed by atoms with Gasteiger partial charge in [-0.15, -0.1) is 0 Å². The lowest BCUT2D eigenvalue weighted by Crippen LogP contribution is -2.18. The maximum atomic E-state index is 10.5. The van der Waals surface area contributed by atoms with Crippen LogP contribution in [0.25, 0.3) is 0 Å². The van der Waals surface area contributed by atoms with Crippen molar-refractivity contribution in [2.24, 2.45) is 5.73 Å². The van der Waals surface area contributed by atoms with Crippen LogP contribution in [0.4, 0.5) is 0 Å². The van der Waals surface area contributed by atoms with Crippen LogP contribution in [-0.4, -0.2) is 22.1 Å². The van der Waals surface area contributed by atoms with Crippen molar-refractivity contribution in [1.29, 1.82) is 0 Å². The van der Waals surface area contributed by atoms with Crippen molar-refractivity contribution in [1.82, 2.24) is 4.98 Å². The summed E-state index contributed by atoms with van der Waals surface area (Å²) in [5.74, 6) is -0.756. The van der Waals surface area contributed by atoms with Gasteiger partial charge in [0, 0.05) is 30.3 Å². The second-order valence-electron chi connectivity index (χ2n) is 4.41. The van der Waals surface area contributed by atoms with Gasteiger partial charge in [-0.25, -0.2) is 0 Å². The summed E-state index contributed by atoms with van der Waals surface area (Å²) in [7, 11) is 0. The van der Waals surface area contributed by atoms with Gasteiger partial charge in [-0.2, -0.15) is 0 Å². The van der Waals surface area contributed by atoms with Gasteiger partial charge in [0.15, 0.2) is 0 Å². The molecule has 0 spiro atoms. The van der Waals surface area contributed by atoms with Crippen molar-refractivity contribution >= 4 is 5.97 Å². The Labute approximate surface area is 95.9 Å². The van der Waals surface area contributed by atoms with E-state index in [4.69, 9.17) is 10.8 Å². The number of hydrogen-bond donors (Lipinski definition) is 3. The Kier molecular flexibility index (Phi) is 4.12. The zero-order valence-corrected chi connectivity index (χ0v) is 10.1. The molecule has 0 fully saturated rings. The Hall–Kier alpha value is -1.29. The number of aryl methyl sites for hydroxylation is 1. The van der Waals surface area contributed by atoms with Crippen LogP contribution < -0.4 is 5.73 Å². The number of hydrogen-bond acceptors (Lipinski definition) is 2. The molecule has 1 aromatic rings. The highest BCUT2D eigenvalue weighted by atomic mass is 16.4. The smallest absolute Gasteiger partial charge is 0.303 e. The van der Waals surface area contributed by atoms with Crippen molar-refractivity contribution in [2.75, 3.05) is 0 Å². The predicted octanol–water partition coefficient (Wildman–Crippen LogP) is 1.54. The van der Waals surface area contributed by atoms with E-state index in [2.05, 4.69) is 4.98 Å². The number of aliphatic carboxylic acids is 1. The molecule has 1 aromatic heterocycles. The van der Waals surface area contributed by atoms with E-state index in [1.807, 2.05) is 20.8 Å². The maximum absolute atomic E-state index is 10.5. The van der Waals surface area contributed by atoms with Gasteiger partial charge < -0.3 is 15.8 Å². The van der Waals surface area contributed by atoms with Crippen molar-refractivity contribution in [3.8, 4) is 0 Å². The number of carboxylic acids is 1. The minimum absolute atomic E-state index is 0.115. The summed E-state index contributed by atoms with van der Waals surface area (Å²) in [4.78, 5) is 13.8. The molecule has 4 N–H and O–H groups in total. The van der Waals surface area contributed by atoms with E-state index in [9.17, 15) is 4.79 Å². The van der Waals surface area contributed by atoms with Crippen molar-refractivity contribution in [3.05, 3.63) is 22.5 Å². The largest absolute Gasteiger partial charge is 0.481 e. The molecule has 0 amide bonds. The van der Waals surface area contributed by atoms with E-state index in [0.717, 1.165) is 28.9 Å². The van der Waals surface area contributed by atoms with Crippen LogP contribution in [0, 0.1) is 13.8 Å². The molecular weight excluding hydrogens is 204 g/mol. The molecule has 16 heavy (non-hydrogen) atoms. The molecule has 0 aliphatic carbocycles. The molecule has 1 atom stereocenters. The molecule has 0 saturated carbocycles. The molecule has 1 rings (SSSR count). The quantitative estimate of drug-likeness (QED) is 0.709. The number of carbonyl (C=O) groups is 1. The minimum atomic E-state index is -0.756. The molecule has 0 aliphatic heterocycles. The van der Waals surface area contributed by atoms with Crippen LogP contribution in [0.3, 0.4) is 0 Å². The van der Waals surface area contributed by atoms with Crippen molar-refractivity contribution in [2.45, 2.75) is 46.1 Å². The first kappa shape index (κ1) is 12.8. The lowest BCUT2D eigenvalue weighted by atomic mass is 10.0. The van der Waals surface area contributed by atoms with E-state index >= 15 is 0 Å². The highest BCUT2D eigenvalue weighted by Crippen LogP contribution is 2.20. The average Bonchev–Trinajstić information content (AvgIpc) is 2.39. The first-order valence-corrected chi connectivity index (χ1v) is 5.56. The van der Waals surface area contributed by atoms with Crippen molar-refractivity contribution < 1.29 is 9.90 Å². The molecule has 0 saturated heterocycles. The number of aromatic amines is 1. The lowest BCUT2D eigenvalue weighted by Gasteiger charge is -2.04. The average molecular weight is 224 g/mol. The maximum Gasteiger partial charge on any atom is 0.303 e. The third-order valence-corrected chi connectivity index (χ3v) is 2.81. The third-order valence-electron chi connectivity index (χ3n) is 2.81. The summed E-state index contributed by atoms with van der Waals surface area (Å²) < 4.78 is 0. The normalized spacial score (nSPS) is 12.8. The second kappa shape index (κ2) is 5.16. The minimum Gasteiger partial charge on any atom is -0.481 e. The number of nitrogens with one attached hydrogen (secondary N) is 1. The fourth-order valence-corrected chi connectivity index (χ4v) is 1.99. The highest BCUT2D eigenvalue weighted by Gasteiger charge is 2.13. The molecule has 0 bridgehead atoms. The Bertz CT molecular complexity index is 381.